The molecule has 0 radical (unpaired) electrons. The van der Waals surface area contributed by atoms with Gasteiger partial charge in [0.1, 0.15) is 17.8 Å². The number of rotatable bonds is 5. The number of carbonyl (C=O) groups excluding carboxylic acids is 3. The molecule has 0 aliphatic carbocycles. The fraction of sp³-hybridized carbons (Fsp3) is 0.471. The number of imide groups is 1. The summed E-state index contributed by atoms with van der Waals surface area (Å²) in [6, 6.07) is 2.65. The van der Waals surface area contributed by atoms with Crippen molar-refractivity contribution in [1.29, 1.82) is 0 Å². The number of benzene rings is 1. The van der Waals surface area contributed by atoms with Gasteiger partial charge in [-0.2, -0.15) is 0 Å². The van der Waals surface area contributed by atoms with E-state index in [-0.39, 0.29) is 18.2 Å². The summed E-state index contributed by atoms with van der Waals surface area (Å²) in [6.45, 7) is 6.85. The quantitative estimate of drug-likeness (QED) is 0.718. The van der Waals surface area contributed by atoms with E-state index in [0.29, 0.717) is 24.1 Å². The minimum absolute atomic E-state index is 0.0712. The molecule has 2 rings (SSSR count). The number of anilines is 1. The molecule has 1 saturated heterocycles. The number of aromatic hydroxyl groups is 1. The van der Waals surface area contributed by atoms with Gasteiger partial charge in [-0.15, -0.1) is 0 Å². The second-order valence-corrected chi connectivity index (χ2v) is 6.11. The average molecular weight is 333 g/mol. The summed E-state index contributed by atoms with van der Waals surface area (Å²) < 4.78 is 0. The Balaban J connectivity index is 2.12. The molecule has 0 atom stereocenters. The van der Waals surface area contributed by atoms with Crippen molar-refractivity contribution in [2.24, 2.45) is 0 Å². The lowest BCUT2D eigenvalue weighted by atomic mass is 9.93. The molecule has 1 aromatic carbocycles. The van der Waals surface area contributed by atoms with E-state index in [1.807, 2.05) is 13.8 Å². The standard InChI is InChI=1S/C17H23N3O4/c1-5-17(6-2)15(23)20(16(24)19-17)9-14(22)18-12-8-13(21)11(4)7-10(12)3/h7-8,21H,5-6,9H2,1-4H3,(H,18,22)(H,19,24). The Labute approximate surface area is 141 Å². The Morgan fingerprint density at radius 2 is 1.83 bits per heavy atom. The molecule has 0 saturated carbocycles. The van der Waals surface area contributed by atoms with Crippen LogP contribution in [0.5, 0.6) is 5.75 Å². The van der Waals surface area contributed by atoms with Gasteiger partial charge in [-0.1, -0.05) is 19.9 Å². The first-order valence-electron chi connectivity index (χ1n) is 7.98. The third kappa shape index (κ3) is 3.06. The van der Waals surface area contributed by atoms with Crippen LogP contribution in [0.15, 0.2) is 12.1 Å². The van der Waals surface area contributed by atoms with Gasteiger partial charge in [-0.25, -0.2) is 4.79 Å². The molecule has 7 nitrogen and oxygen atoms in total. The van der Waals surface area contributed by atoms with Crippen molar-refractivity contribution in [3.63, 3.8) is 0 Å². The second-order valence-electron chi connectivity index (χ2n) is 6.11. The van der Waals surface area contributed by atoms with Gasteiger partial charge in [0.2, 0.25) is 5.91 Å². The van der Waals surface area contributed by atoms with E-state index in [0.717, 1.165) is 10.5 Å². The monoisotopic (exact) mass is 333 g/mol. The van der Waals surface area contributed by atoms with Crippen LogP contribution in [-0.4, -0.2) is 39.9 Å². The number of phenolic OH excluding ortho intramolecular Hbond substituents is 1. The van der Waals surface area contributed by atoms with Crippen molar-refractivity contribution in [2.75, 3.05) is 11.9 Å². The highest BCUT2D eigenvalue weighted by molar-refractivity contribution is 6.10. The van der Waals surface area contributed by atoms with Crippen LogP contribution in [0.3, 0.4) is 0 Å². The number of urea groups is 1. The summed E-state index contributed by atoms with van der Waals surface area (Å²) in [5.74, 6) is -0.800. The van der Waals surface area contributed by atoms with E-state index >= 15 is 0 Å². The smallest absolute Gasteiger partial charge is 0.325 e. The van der Waals surface area contributed by atoms with Gasteiger partial charge in [-0.3, -0.25) is 14.5 Å². The molecule has 0 unspecified atom stereocenters. The summed E-state index contributed by atoms with van der Waals surface area (Å²) in [5, 5.41) is 15.1. The fourth-order valence-corrected chi connectivity index (χ4v) is 2.86. The predicted octanol–water partition coefficient (Wildman–Crippen LogP) is 2.06. The summed E-state index contributed by atoms with van der Waals surface area (Å²) in [5.41, 5.74) is 1.02. The first-order valence-corrected chi connectivity index (χ1v) is 7.98. The minimum Gasteiger partial charge on any atom is -0.508 e. The molecule has 1 aliphatic heterocycles. The lowest BCUT2D eigenvalue weighted by Crippen LogP contribution is -2.46. The van der Waals surface area contributed by atoms with Gasteiger partial charge < -0.3 is 15.7 Å². The second kappa shape index (κ2) is 6.51. The minimum atomic E-state index is -0.921. The topological polar surface area (TPSA) is 98.7 Å². The Morgan fingerprint density at radius 1 is 1.21 bits per heavy atom. The normalized spacial score (nSPS) is 16.2. The zero-order chi connectivity index (χ0) is 18.1. The molecule has 4 amide bonds. The van der Waals surface area contributed by atoms with E-state index in [2.05, 4.69) is 10.6 Å². The van der Waals surface area contributed by atoms with E-state index in [1.165, 1.54) is 6.07 Å². The largest absolute Gasteiger partial charge is 0.508 e. The number of nitrogens with zero attached hydrogens (tertiary/aromatic N) is 1. The van der Waals surface area contributed by atoms with Gasteiger partial charge in [0.15, 0.2) is 0 Å². The summed E-state index contributed by atoms with van der Waals surface area (Å²) in [4.78, 5) is 37.7. The Bertz CT molecular complexity index is 695. The number of nitrogens with one attached hydrogen (secondary N) is 2. The SMILES string of the molecule is CCC1(CC)NC(=O)N(CC(=O)Nc2cc(O)c(C)cc2C)C1=O. The molecule has 0 bridgehead atoms. The van der Waals surface area contributed by atoms with Crippen molar-refractivity contribution in [3.8, 4) is 5.75 Å². The molecule has 7 heteroatoms. The number of phenols is 1. The van der Waals surface area contributed by atoms with Crippen molar-refractivity contribution in [1.82, 2.24) is 10.2 Å². The first kappa shape index (κ1) is 17.8. The number of hydrogen-bond acceptors (Lipinski definition) is 4. The van der Waals surface area contributed by atoms with Crippen LogP contribution >= 0.6 is 0 Å². The van der Waals surface area contributed by atoms with Gasteiger partial charge >= 0.3 is 6.03 Å². The van der Waals surface area contributed by atoms with Gasteiger partial charge in [0.05, 0.1) is 0 Å². The van der Waals surface area contributed by atoms with Gasteiger partial charge in [0.25, 0.3) is 5.91 Å². The Hall–Kier alpha value is -2.57. The number of carbonyl (C=O) groups is 3. The highest BCUT2D eigenvalue weighted by Gasteiger charge is 2.49. The van der Waals surface area contributed by atoms with Crippen molar-refractivity contribution >= 4 is 23.5 Å². The summed E-state index contributed by atoms with van der Waals surface area (Å²) in [7, 11) is 0. The van der Waals surface area contributed by atoms with Crippen LogP contribution in [0.4, 0.5) is 10.5 Å². The van der Waals surface area contributed by atoms with E-state index in [1.54, 1.807) is 19.9 Å². The third-order valence-corrected chi connectivity index (χ3v) is 4.57. The molecule has 1 heterocycles. The van der Waals surface area contributed by atoms with E-state index < -0.39 is 17.5 Å². The lowest BCUT2D eigenvalue weighted by molar-refractivity contribution is -0.134. The first-order chi connectivity index (χ1) is 11.2. The molecule has 3 N–H and O–H groups in total. The molecule has 24 heavy (non-hydrogen) atoms. The van der Waals surface area contributed by atoms with Crippen LogP contribution in [0.2, 0.25) is 0 Å². The van der Waals surface area contributed by atoms with Crippen LogP contribution in [-0.2, 0) is 9.59 Å². The highest BCUT2D eigenvalue weighted by Crippen LogP contribution is 2.26. The number of amides is 4. The van der Waals surface area contributed by atoms with Crippen LogP contribution < -0.4 is 10.6 Å². The molecule has 0 aromatic heterocycles. The fourth-order valence-electron chi connectivity index (χ4n) is 2.86. The van der Waals surface area contributed by atoms with E-state index in [4.69, 9.17) is 0 Å². The molecular formula is C17H23N3O4. The summed E-state index contributed by atoms with van der Waals surface area (Å²) >= 11 is 0. The van der Waals surface area contributed by atoms with Crippen molar-refractivity contribution < 1.29 is 19.5 Å². The summed E-state index contributed by atoms with van der Waals surface area (Å²) in [6.07, 6.45) is 0.939. The van der Waals surface area contributed by atoms with Gasteiger partial charge in [0, 0.05) is 11.8 Å². The van der Waals surface area contributed by atoms with E-state index in [9.17, 15) is 19.5 Å². The number of aryl methyl sites for hydroxylation is 2. The molecule has 0 spiro atoms. The van der Waals surface area contributed by atoms with Crippen LogP contribution in [0, 0.1) is 13.8 Å². The highest BCUT2D eigenvalue weighted by atomic mass is 16.3. The zero-order valence-corrected chi connectivity index (χ0v) is 14.4. The maximum absolute atomic E-state index is 12.5. The number of hydrogen-bond donors (Lipinski definition) is 3. The Morgan fingerprint density at radius 3 is 2.38 bits per heavy atom. The molecule has 130 valence electrons. The third-order valence-electron chi connectivity index (χ3n) is 4.57. The predicted molar refractivity (Wildman–Crippen MR) is 89.8 cm³/mol. The molecule has 1 fully saturated rings. The average Bonchev–Trinajstić information content (AvgIpc) is 2.77. The Kier molecular flexibility index (Phi) is 4.82. The van der Waals surface area contributed by atoms with Crippen molar-refractivity contribution in [2.45, 2.75) is 46.1 Å². The maximum Gasteiger partial charge on any atom is 0.325 e. The molecule has 1 aliphatic rings. The van der Waals surface area contributed by atoms with Gasteiger partial charge in [-0.05, 0) is 37.8 Å². The zero-order valence-electron chi connectivity index (χ0n) is 14.4. The molecular weight excluding hydrogens is 310 g/mol. The van der Waals surface area contributed by atoms with Crippen LogP contribution in [0.25, 0.3) is 0 Å². The maximum atomic E-state index is 12.5. The molecule has 1 aromatic rings. The lowest BCUT2D eigenvalue weighted by Gasteiger charge is -2.23. The van der Waals surface area contributed by atoms with Crippen LogP contribution in [0.1, 0.15) is 37.8 Å². The van der Waals surface area contributed by atoms with Crippen molar-refractivity contribution in [3.05, 3.63) is 23.3 Å².